The molecule has 0 fully saturated rings. The van der Waals surface area contributed by atoms with Crippen LogP contribution >= 0.6 is 0 Å². The summed E-state index contributed by atoms with van der Waals surface area (Å²) in [6.07, 6.45) is 0. The zero-order chi connectivity index (χ0) is 11.3. The van der Waals surface area contributed by atoms with Gasteiger partial charge in [0.15, 0.2) is 0 Å². The van der Waals surface area contributed by atoms with Crippen LogP contribution in [0, 0.1) is 21.4 Å². The van der Waals surface area contributed by atoms with Crippen molar-refractivity contribution in [3.8, 4) is 6.07 Å². The van der Waals surface area contributed by atoms with E-state index < -0.39 is 4.92 Å². The van der Waals surface area contributed by atoms with E-state index in [2.05, 4.69) is 0 Å². The van der Waals surface area contributed by atoms with E-state index in [1.807, 2.05) is 17.9 Å². The molecule has 0 radical (unpaired) electrons. The average Bonchev–Trinajstić information content (AvgIpc) is 2.65. The third-order valence-electron chi connectivity index (χ3n) is 1.95. The summed E-state index contributed by atoms with van der Waals surface area (Å²) in [5, 5.41) is 18.8. The molecular formula is C9H11N3O3. The molecular weight excluding hydrogens is 198 g/mol. The van der Waals surface area contributed by atoms with Crippen molar-refractivity contribution in [3.05, 3.63) is 28.0 Å². The molecule has 1 heterocycles. The Balaban J connectivity index is 2.64. The van der Waals surface area contributed by atoms with E-state index in [4.69, 9.17) is 9.68 Å². The Bertz CT molecular complexity index is 380. The normalized spacial score (nSPS) is 10.2. The van der Waals surface area contributed by atoms with Crippen molar-refractivity contribution in [2.45, 2.75) is 13.5 Å². The second-order valence-corrected chi connectivity index (χ2v) is 2.96. The lowest BCUT2D eigenvalue weighted by atomic mass is 10.4. The Hall–Kier alpha value is -1.87. The largest absolute Gasteiger partial charge is 0.433 e. The van der Waals surface area contributed by atoms with E-state index in [0.29, 0.717) is 18.8 Å². The van der Waals surface area contributed by atoms with Gasteiger partial charge in [-0.1, -0.05) is 6.92 Å². The molecule has 0 saturated heterocycles. The average molecular weight is 209 g/mol. The van der Waals surface area contributed by atoms with Gasteiger partial charge in [0, 0.05) is 0 Å². The van der Waals surface area contributed by atoms with Crippen molar-refractivity contribution in [2.75, 3.05) is 13.1 Å². The van der Waals surface area contributed by atoms with Gasteiger partial charge in [0.1, 0.15) is 10.7 Å². The Labute approximate surface area is 86.9 Å². The highest BCUT2D eigenvalue weighted by Crippen LogP contribution is 2.16. The fraction of sp³-hybridized carbons (Fsp3) is 0.444. The Kier molecular flexibility index (Phi) is 3.83. The maximum absolute atomic E-state index is 10.3. The topological polar surface area (TPSA) is 83.3 Å². The summed E-state index contributed by atoms with van der Waals surface area (Å²) >= 11 is 0. The molecule has 0 unspecified atom stereocenters. The maximum atomic E-state index is 10.3. The zero-order valence-electron chi connectivity index (χ0n) is 8.34. The van der Waals surface area contributed by atoms with Gasteiger partial charge in [0.25, 0.3) is 0 Å². The number of nitriles is 1. The summed E-state index contributed by atoms with van der Waals surface area (Å²) in [7, 11) is 0. The fourth-order valence-electron chi connectivity index (χ4n) is 1.15. The van der Waals surface area contributed by atoms with Crippen LogP contribution in [0.1, 0.15) is 12.7 Å². The number of nitro groups is 1. The number of rotatable bonds is 5. The van der Waals surface area contributed by atoms with Crippen LogP contribution in [0.25, 0.3) is 0 Å². The van der Waals surface area contributed by atoms with Crippen LogP contribution < -0.4 is 0 Å². The van der Waals surface area contributed by atoms with E-state index >= 15 is 0 Å². The molecule has 15 heavy (non-hydrogen) atoms. The summed E-state index contributed by atoms with van der Waals surface area (Å²) in [6, 6.07) is 4.89. The maximum Gasteiger partial charge on any atom is 0.433 e. The minimum Gasteiger partial charge on any atom is -0.404 e. The third-order valence-corrected chi connectivity index (χ3v) is 1.95. The number of nitrogens with zero attached hydrogens (tertiary/aromatic N) is 3. The second-order valence-electron chi connectivity index (χ2n) is 2.96. The summed E-state index contributed by atoms with van der Waals surface area (Å²) in [6.45, 7) is 3.31. The van der Waals surface area contributed by atoms with Crippen LogP contribution in [-0.2, 0) is 6.54 Å². The minimum atomic E-state index is -0.579. The molecule has 0 atom stereocenters. The number of furan rings is 1. The van der Waals surface area contributed by atoms with Gasteiger partial charge in [-0.2, -0.15) is 5.26 Å². The van der Waals surface area contributed by atoms with E-state index in [-0.39, 0.29) is 12.4 Å². The van der Waals surface area contributed by atoms with Crippen LogP contribution in [0.2, 0.25) is 0 Å². The summed E-state index contributed by atoms with van der Waals surface area (Å²) in [5.74, 6) is 0.233. The molecule has 0 spiro atoms. The van der Waals surface area contributed by atoms with E-state index in [0.717, 1.165) is 0 Å². The van der Waals surface area contributed by atoms with E-state index in [1.54, 1.807) is 6.07 Å². The molecule has 1 aromatic rings. The number of hydrogen-bond acceptors (Lipinski definition) is 5. The Morgan fingerprint density at radius 2 is 2.40 bits per heavy atom. The predicted molar refractivity (Wildman–Crippen MR) is 51.9 cm³/mol. The van der Waals surface area contributed by atoms with Gasteiger partial charge >= 0.3 is 5.88 Å². The highest BCUT2D eigenvalue weighted by atomic mass is 16.6. The molecule has 6 heteroatoms. The summed E-state index contributed by atoms with van der Waals surface area (Å²) in [5.41, 5.74) is 0. The van der Waals surface area contributed by atoms with Gasteiger partial charge in [-0.05, 0) is 12.6 Å². The first kappa shape index (κ1) is 11.2. The van der Waals surface area contributed by atoms with Gasteiger partial charge in [-0.15, -0.1) is 0 Å². The first-order valence-corrected chi connectivity index (χ1v) is 4.49. The van der Waals surface area contributed by atoms with E-state index in [9.17, 15) is 10.1 Å². The van der Waals surface area contributed by atoms with Gasteiger partial charge in [0.2, 0.25) is 0 Å². The molecule has 0 bridgehead atoms. The molecule has 0 saturated carbocycles. The van der Waals surface area contributed by atoms with E-state index in [1.165, 1.54) is 6.07 Å². The molecule has 0 N–H and O–H groups in total. The highest BCUT2D eigenvalue weighted by molar-refractivity contribution is 5.17. The molecule has 0 aliphatic heterocycles. The smallest absolute Gasteiger partial charge is 0.404 e. The second kappa shape index (κ2) is 5.12. The molecule has 0 aromatic carbocycles. The zero-order valence-corrected chi connectivity index (χ0v) is 8.34. The van der Waals surface area contributed by atoms with Crippen LogP contribution in [0.5, 0.6) is 0 Å². The molecule has 6 nitrogen and oxygen atoms in total. The Morgan fingerprint density at radius 3 is 2.87 bits per heavy atom. The van der Waals surface area contributed by atoms with Gasteiger partial charge in [0.05, 0.1) is 25.2 Å². The quantitative estimate of drug-likeness (QED) is 0.417. The lowest BCUT2D eigenvalue weighted by molar-refractivity contribution is -0.402. The lowest BCUT2D eigenvalue weighted by Gasteiger charge is -2.13. The summed E-state index contributed by atoms with van der Waals surface area (Å²) < 4.78 is 4.97. The minimum absolute atomic E-state index is 0.266. The van der Waals surface area contributed by atoms with Crippen molar-refractivity contribution in [1.29, 1.82) is 5.26 Å². The van der Waals surface area contributed by atoms with Crippen molar-refractivity contribution in [3.63, 3.8) is 0 Å². The molecule has 0 amide bonds. The van der Waals surface area contributed by atoms with Gasteiger partial charge in [-0.3, -0.25) is 15.0 Å². The van der Waals surface area contributed by atoms with Crippen LogP contribution in [0.15, 0.2) is 16.5 Å². The first-order chi connectivity index (χ1) is 7.17. The SMILES string of the molecule is CCN(CC#N)Cc1ccc([N+](=O)[O-])o1. The van der Waals surface area contributed by atoms with Crippen molar-refractivity contribution < 1.29 is 9.34 Å². The van der Waals surface area contributed by atoms with Crippen LogP contribution in [0.4, 0.5) is 5.88 Å². The van der Waals surface area contributed by atoms with Crippen LogP contribution in [-0.4, -0.2) is 22.9 Å². The number of hydrogen-bond donors (Lipinski definition) is 0. The van der Waals surface area contributed by atoms with Crippen molar-refractivity contribution >= 4 is 5.88 Å². The fourth-order valence-corrected chi connectivity index (χ4v) is 1.15. The lowest BCUT2D eigenvalue weighted by Crippen LogP contribution is -2.22. The highest BCUT2D eigenvalue weighted by Gasteiger charge is 2.13. The van der Waals surface area contributed by atoms with Gasteiger partial charge in [-0.25, -0.2) is 0 Å². The van der Waals surface area contributed by atoms with Crippen LogP contribution in [0.3, 0.4) is 0 Å². The van der Waals surface area contributed by atoms with Crippen molar-refractivity contribution in [1.82, 2.24) is 4.90 Å². The monoisotopic (exact) mass is 209 g/mol. The van der Waals surface area contributed by atoms with Crippen molar-refractivity contribution in [2.24, 2.45) is 0 Å². The molecule has 1 aromatic heterocycles. The van der Waals surface area contributed by atoms with Gasteiger partial charge < -0.3 is 4.42 Å². The molecule has 0 aliphatic rings. The first-order valence-electron chi connectivity index (χ1n) is 4.49. The molecule has 80 valence electrons. The summed E-state index contributed by atoms with van der Waals surface area (Å²) in [4.78, 5) is 11.6. The molecule has 0 aliphatic carbocycles. The predicted octanol–water partition coefficient (Wildman–Crippen LogP) is 1.53. The standard InChI is InChI=1S/C9H11N3O3/c1-2-11(6-5-10)7-8-3-4-9(15-8)12(13)14/h3-4H,2,6-7H2,1H3. The third kappa shape index (κ3) is 3.07. The Morgan fingerprint density at radius 1 is 1.67 bits per heavy atom. The molecule has 1 rings (SSSR count).